The molecule has 0 bridgehead atoms. The Bertz CT molecular complexity index is 394. The predicted molar refractivity (Wildman–Crippen MR) is 75.3 cm³/mol. The molecule has 1 fully saturated rings. The number of nitrogens with two attached hydrogens (primary N) is 1. The summed E-state index contributed by atoms with van der Waals surface area (Å²) in [5, 5.41) is 0. The molecular weight excluding hydrogens is 278 g/mol. The average Bonchev–Trinajstić information content (AvgIpc) is 2.80. The van der Waals surface area contributed by atoms with Gasteiger partial charge in [-0.25, -0.2) is 4.98 Å². The van der Waals surface area contributed by atoms with Gasteiger partial charge in [-0.2, -0.15) is 0 Å². The molecule has 0 spiro atoms. The first kappa shape index (κ1) is 12.8. The van der Waals surface area contributed by atoms with Gasteiger partial charge in [-0.05, 0) is 59.8 Å². The zero-order valence-corrected chi connectivity index (χ0v) is 12.1. The monoisotopic (exact) mass is 297 g/mol. The SMILES string of the molecule is Cc1cc(N(C)C2CCCC2CN)ncc1Br. The van der Waals surface area contributed by atoms with E-state index >= 15 is 0 Å². The molecule has 17 heavy (non-hydrogen) atoms. The smallest absolute Gasteiger partial charge is 0.128 e. The van der Waals surface area contributed by atoms with Gasteiger partial charge in [0.1, 0.15) is 5.82 Å². The second kappa shape index (κ2) is 5.36. The van der Waals surface area contributed by atoms with Crippen molar-refractivity contribution in [2.24, 2.45) is 11.7 Å². The number of nitrogens with zero attached hydrogens (tertiary/aromatic N) is 2. The lowest BCUT2D eigenvalue weighted by atomic mass is 10.0. The van der Waals surface area contributed by atoms with Gasteiger partial charge in [0.25, 0.3) is 0 Å². The van der Waals surface area contributed by atoms with Crippen LogP contribution in [-0.4, -0.2) is 24.6 Å². The van der Waals surface area contributed by atoms with Gasteiger partial charge in [0, 0.05) is 23.8 Å². The van der Waals surface area contributed by atoms with E-state index in [0.29, 0.717) is 12.0 Å². The second-order valence-corrected chi connectivity index (χ2v) is 5.75. The van der Waals surface area contributed by atoms with Crippen molar-refractivity contribution in [2.45, 2.75) is 32.2 Å². The molecule has 2 unspecified atom stereocenters. The van der Waals surface area contributed by atoms with E-state index in [4.69, 9.17) is 5.73 Å². The standard InChI is InChI=1S/C13H20BrN3/c1-9-6-13(16-8-11(9)14)17(2)12-5-3-4-10(12)7-15/h6,8,10,12H,3-5,7,15H2,1-2H3. The van der Waals surface area contributed by atoms with Gasteiger partial charge in [0.2, 0.25) is 0 Å². The summed E-state index contributed by atoms with van der Waals surface area (Å²) in [7, 11) is 2.13. The molecule has 0 saturated heterocycles. The van der Waals surface area contributed by atoms with Crippen molar-refractivity contribution in [3.63, 3.8) is 0 Å². The molecule has 1 aliphatic carbocycles. The fraction of sp³-hybridized carbons (Fsp3) is 0.615. The summed E-state index contributed by atoms with van der Waals surface area (Å²) in [6, 6.07) is 2.68. The van der Waals surface area contributed by atoms with Gasteiger partial charge in [-0.3, -0.25) is 0 Å². The van der Waals surface area contributed by atoms with Gasteiger partial charge in [0.05, 0.1) is 0 Å². The first-order valence-electron chi connectivity index (χ1n) is 6.18. The Morgan fingerprint density at radius 3 is 2.94 bits per heavy atom. The lowest BCUT2D eigenvalue weighted by Gasteiger charge is -2.30. The summed E-state index contributed by atoms with van der Waals surface area (Å²) >= 11 is 3.49. The Morgan fingerprint density at radius 1 is 1.53 bits per heavy atom. The van der Waals surface area contributed by atoms with Gasteiger partial charge in [-0.15, -0.1) is 0 Å². The van der Waals surface area contributed by atoms with Crippen LogP contribution in [0.3, 0.4) is 0 Å². The second-order valence-electron chi connectivity index (χ2n) is 4.90. The fourth-order valence-electron chi connectivity index (χ4n) is 2.69. The average molecular weight is 298 g/mol. The van der Waals surface area contributed by atoms with Gasteiger partial charge in [-0.1, -0.05) is 6.42 Å². The summed E-state index contributed by atoms with van der Waals surface area (Å²) in [5.41, 5.74) is 7.07. The third-order valence-electron chi connectivity index (χ3n) is 3.81. The molecule has 0 aromatic carbocycles. The quantitative estimate of drug-likeness (QED) is 0.933. The molecular formula is C13H20BrN3. The van der Waals surface area contributed by atoms with Crippen molar-refractivity contribution in [3.05, 3.63) is 22.3 Å². The Labute approximate surface area is 112 Å². The maximum Gasteiger partial charge on any atom is 0.128 e. The van der Waals surface area contributed by atoms with Crippen LogP contribution in [0.25, 0.3) is 0 Å². The number of halogens is 1. The summed E-state index contributed by atoms with van der Waals surface area (Å²) < 4.78 is 1.07. The van der Waals surface area contributed by atoms with Crippen LogP contribution in [0.15, 0.2) is 16.7 Å². The molecule has 2 atom stereocenters. The minimum Gasteiger partial charge on any atom is -0.356 e. The Morgan fingerprint density at radius 2 is 2.29 bits per heavy atom. The molecule has 94 valence electrons. The van der Waals surface area contributed by atoms with Crippen LogP contribution in [-0.2, 0) is 0 Å². The van der Waals surface area contributed by atoms with E-state index in [1.807, 2.05) is 6.20 Å². The highest BCUT2D eigenvalue weighted by Crippen LogP contribution is 2.31. The maximum atomic E-state index is 5.84. The van der Waals surface area contributed by atoms with Crippen LogP contribution >= 0.6 is 15.9 Å². The molecule has 0 amide bonds. The Kier molecular flexibility index (Phi) is 4.05. The predicted octanol–water partition coefficient (Wildman–Crippen LogP) is 2.72. The van der Waals surface area contributed by atoms with Crippen molar-refractivity contribution in [1.29, 1.82) is 0 Å². The highest BCUT2D eigenvalue weighted by Gasteiger charge is 2.29. The molecule has 1 aromatic rings. The number of anilines is 1. The number of hydrogen-bond donors (Lipinski definition) is 1. The number of hydrogen-bond acceptors (Lipinski definition) is 3. The first-order chi connectivity index (χ1) is 8.13. The number of pyridine rings is 1. The van der Waals surface area contributed by atoms with Gasteiger partial charge < -0.3 is 10.6 Å². The zero-order valence-electron chi connectivity index (χ0n) is 10.5. The molecule has 1 aliphatic rings. The van der Waals surface area contributed by atoms with E-state index in [2.05, 4.69) is 45.9 Å². The van der Waals surface area contributed by atoms with Crippen LogP contribution in [0.2, 0.25) is 0 Å². The Balaban J connectivity index is 2.18. The molecule has 1 aromatic heterocycles. The van der Waals surface area contributed by atoms with Crippen LogP contribution in [0.5, 0.6) is 0 Å². The summed E-state index contributed by atoms with van der Waals surface area (Å²) in [6.07, 6.45) is 5.65. The number of rotatable bonds is 3. The molecule has 4 heteroatoms. The molecule has 3 nitrogen and oxygen atoms in total. The van der Waals surface area contributed by atoms with Crippen LogP contribution < -0.4 is 10.6 Å². The Hall–Kier alpha value is -0.610. The molecule has 2 N–H and O–H groups in total. The first-order valence-corrected chi connectivity index (χ1v) is 6.98. The van der Waals surface area contributed by atoms with Crippen molar-refractivity contribution >= 4 is 21.7 Å². The lowest BCUT2D eigenvalue weighted by molar-refractivity contribution is 0.472. The van der Waals surface area contributed by atoms with E-state index in [-0.39, 0.29) is 0 Å². The van der Waals surface area contributed by atoms with Crippen LogP contribution in [0, 0.1) is 12.8 Å². The van der Waals surface area contributed by atoms with Crippen LogP contribution in [0.4, 0.5) is 5.82 Å². The fourth-order valence-corrected chi connectivity index (χ4v) is 2.91. The highest BCUT2D eigenvalue weighted by molar-refractivity contribution is 9.10. The summed E-state index contributed by atoms with van der Waals surface area (Å²) in [5.74, 6) is 1.67. The normalized spacial score (nSPS) is 24.0. The van der Waals surface area contributed by atoms with E-state index in [1.165, 1.54) is 24.8 Å². The summed E-state index contributed by atoms with van der Waals surface area (Å²) in [6.45, 7) is 2.88. The van der Waals surface area contributed by atoms with Gasteiger partial charge >= 0.3 is 0 Å². The lowest BCUT2D eigenvalue weighted by Crippen LogP contribution is -2.38. The van der Waals surface area contributed by atoms with Crippen molar-refractivity contribution in [1.82, 2.24) is 4.98 Å². The third kappa shape index (κ3) is 2.63. The number of aromatic nitrogens is 1. The van der Waals surface area contributed by atoms with Crippen molar-refractivity contribution in [3.8, 4) is 0 Å². The van der Waals surface area contributed by atoms with E-state index in [0.717, 1.165) is 16.8 Å². The number of aryl methyl sites for hydroxylation is 1. The van der Waals surface area contributed by atoms with Crippen molar-refractivity contribution in [2.75, 3.05) is 18.5 Å². The van der Waals surface area contributed by atoms with E-state index < -0.39 is 0 Å². The minimum absolute atomic E-state index is 0.549. The van der Waals surface area contributed by atoms with Crippen LogP contribution in [0.1, 0.15) is 24.8 Å². The molecule has 1 heterocycles. The molecule has 0 radical (unpaired) electrons. The summed E-state index contributed by atoms with van der Waals surface area (Å²) in [4.78, 5) is 6.79. The topological polar surface area (TPSA) is 42.1 Å². The molecule has 2 rings (SSSR count). The maximum absolute atomic E-state index is 5.84. The molecule has 0 aliphatic heterocycles. The zero-order chi connectivity index (χ0) is 12.4. The third-order valence-corrected chi connectivity index (χ3v) is 4.64. The molecule has 1 saturated carbocycles. The van der Waals surface area contributed by atoms with E-state index in [9.17, 15) is 0 Å². The highest BCUT2D eigenvalue weighted by atomic mass is 79.9. The largest absolute Gasteiger partial charge is 0.356 e. The van der Waals surface area contributed by atoms with Gasteiger partial charge in [0.15, 0.2) is 0 Å². The van der Waals surface area contributed by atoms with Crippen molar-refractivity contribution < 1.29 is 0 Å². The minimum atomic E-state index is 0.549. The van der Waals surface area contributed by atoms with E-state index in [1.54, 1.807) is 0 Å².